The molecule has 1 amide bonds. The quantitative estimate of drug-likeness (QED) is 0.436. The van der Waals surface area contributed by atoms with E-state index in [4.69, 9.17) is 4.74 Å². The fraction of sp³-hybridized carbons (Fsp3) is 0.182. The van der Waals surface area contributed by atoms with Crippen molar-refractivity contribution in [1.29, 1.82) is 0 Å². The van der Waals surface area contributed by atoms with Crippen molar-refractivity contribution in [3.05, 3.63) is 82.0 Å². The van der Waals surface area contributed by atoms with Crippen LogP contribution < -0.4 is 15.4 Å². The van der Waals surface area contributed by atoms with Gasteiger partial charge in [0.15, 0.2) is 6.17 Å². The summed E-state index contributed by atoms with van der Waals surface area (Å²) in [5.41, 5.74) is 2.22. The number of benzene rings is 2. The minimum Gasteiger partial charge on any atom is -0.492 e. The highest BCUT2D eigenvalue weighted by Crippen LogP contribution is 2.25. The SMILES string of the molecule is CCOc1ccccc1N[C@@H](NC(=O)c1cccs1)C(=O)c1ccc(C)cc1. The number of aryl methyl sites for hydroxylation is 1. The van der Waals surface area contributed by atoms with Gasteiger partial charge in [0.2, 0.25) is 5.78 Å². The number of thiophene rings is 1. The van der Waals surface area contributed by atoms with Crippen LogP contribution in [0.5, 0.6) is 5.75 Å². The highest BCUT2D eigenvalue weighted by molar-refractivity contribution is 7.12. The first kappa shape index (κ1) is 19.6. The normalized spacial score (nSPS) is 11.5. The van der Waals surface area contributed by atoms with Crippen molar-refractivity contribution in [1.82, 2.24) is 5.32 Å². The van der Waals surface area contributed by atoms with E-state index in [-0.39, 0.29) is 11.7 Å². The Hall–Kier alpha value is -3.12. The number of rotatable bonds is 8. The molecular formula is C22H22N2O3S. The van der Waals surface area contributed by atoms with E-state index in [9.17, 15) is 9.59 Å². The Morgan fingerprint density at radius 3 is 2.46 bits per heavy atom. The summed E-state index contributed by atoms with van der Waals surface area (Å²) in [6.45, 7) is 4.35. The van der Waals surface area contributed by atoms with E-state index in [1.54, 1.807) is 24.3 Å². The number of amides is 1. The third-order valence-corrected chi connectivity index (χ3v) is 4.97. The highest BCUT2D eigenvalue weighted by Gasteiger charge is 2.24. The molecule has 0 unspecified atom stereocenters. The lowest BCUT2D eigenvalue weighted by Gasteiger charge is -2.22. The van der Waals surface area contributed by atoms with E-state index >= 15 is 0 Å². The van der Waals surface area contributed by atoms with Gasteiger partial charge in [0.25, 0.3) is 5.91 Å². The molecule has 0 spiro atoms. The standard InChI is InChI=1S/C22H22N2O3S/c1-3-27-18-8-5-4-7-17(18)23-21(24-22(26)19-9-6-14-28-19)20(25)16-12-10-15(2)11-13-16/h4-14,21,23H,3H2,1-2H3,(H,24,26)/t21-/m0/s1. The Balaban J connectivity index is 1.88. The molecule has 0 radical (unpaired) electrons. The van der Waals surface area contributed by atoms with E-state index in [2.05, 4.69) is 10.6 Å². The highest BCUT2D eigenvalue weighted by atomic mass is 32.1. The molecule has 0 aliphatic heterocycles. The Labute approximate surface area is 168 Å². The summed E-state index contributed by atoms with van der Waals surface area (Å²) in [6.07, 6.45) is -0.932. The van der Waals surface area contributed by atoms with Gasteiger partial charge in [0, 0.05) is 5.56 Å². The molecular weight excluding hydrogens is 372 g/mol. The summed E-state index contributed by atoms with van der Waals surface area (Å²) >= 11 is 1.32. The lowest BCUT2D eigenvalue weighted by Crippen LogP contribution is -2.46. The predicted molar refractivity (Wildman–Crippen MR) is 112 cm³/mol. The Kier molecular flexibility index (Phi) is 6.45. The van der Waals surface area contributed by atoms with Crippen LogP contribution in [0.1, 0.15) is 32.5 Å². The number of ketones is 1. The molecule has 0 aliphatic rings. The minimum atomic E-state index is -0.932. The Bertz CT molecular complexity index is 937. The first-order chi connectivity index (χ1) is 13.6. The van der Waals surface area contributed by atoms with Crippen molar-refractivity contribution in [3.63, 3.8) is 0 Å². The lowest BCUT2D eigenvalue weighted by molar-refractivity contribution is 0.0871. The van der Waals surface area contributed by atoms with E-state index in [1.807, 2.05) is 55.6 Å². The van der Waals surface area contributed by atoms with Gasteiger partial charge in [-0.15, -0.1) is 11.3 Å². The molecule has 144 valence electrons. The molecule has 28 heavy (non-hydrogen) atoms. The van der Waals surface area contributed by atoms with Gasteiger partial charge < -0.3 is 15.4 Å². The van der Waals surface area contributed by atoms with Gasteiger partial charge in [-0.3, -0.25) is 9.59 Å². The van der Waals surface area contributed by atoms with Crippen molar-refractivity contribution in [3.8, 4) is 5.75 Å². The third kappa shape index (κ3) is 4.78. The van der Waals surface area contributed by atoms with E-state index in [0.29, 0.717) is 28.5 Å². The summed E-state index contributed by atoms with van der Waals surface area (Å²) < 4.78 is 5.63. The van der Waals surface area contributed by atoms with Crippen molar-refractivity contribution in [2.24, 2.45) is 0 Å². The monoisotopic (exact) mass is 394 g/mol. The average molecular weight is 394 g/mol. The number of ether oxygens (including phenoxy) is 1. The van der Waals surface area contributed by atoms with Crippen molar-refractivity contribution in [2.75, 3.05) is 11.9 Å². The molecule has 1 aromatic heterocycles. The number of carbonyl (C=O) groups excluding carboxylic acids is 2. The number of hydrogen-bond acceptors (Lipinski definition) is 5. The number of carbonyl (C=O) groups is 2. The fourth-order valence-corrected chi connectivity index (χ4v) is 3.31. The van der Waals surface area contributed by atoms with Crippen molar-refractivity contribution < 1.29 is 14.3 Å². The maximum absolute atomic E-state index is 13.1. The number of hydrogen-bond donors (Lipinski definition) is 2. The van der Waals surface area contributed by atoms with E-state index in [1.165, 1.54) is 11.3 Å². The van der Waals surface area contributed by atoms with Gasteiger partial charge in [-0.25, -0.2) is 0 Å². The molecule has 2 N–H and O–H groups in total. The van der Waals surface area contributed by atoms with Crippen LogP contribution >= 0.6 is 11.3 Å². The number of Topliss-reactive ketones (excluding diaryl/α,β-unsaturated/α-hetero) is 1. The van der Waals surface area contributed by atoms with Gasteiger partial charge in [-0.05, 0) is 37.4 Å². The zero-order valence-corrected chi connectivity index (χ0v) is 16.6. The maximum atomic E-state index is 13.1. The fourth-order valence-electron chi connectivity index (χ4n) is 2.68. The molecule has 0 aliphatic carbocycles. The molecule has 5 nitrogen and oxygen atoms in total. The predicted octanol–water partition coefficient (Wildman–Crippen LogP) is 4.51. The molecule has 0 saturated carbocycles. The molecule has 1 atom stereocenters. The maximum Gasteiger partial charge on any atom is 0.263 e. The molecule has 3 rings (SSSR count). The largest absolute Gasteiger partial charge is 0.492 e. The summed E-state index contributed by atoms with van der Waals surface area (Å²) in [6, 6.07) is 18.1. The van der Waals surface area contributed by atoms with Gasteiger partial charge >= 0.3 is 0 Å². The van der Waals surface area contributed by atoms with Gasteiger partial charge in [0.1, 0.15) is 5.75 Å². The van der Waals surface area contributed by atoms with Crippen LogP contribution in [0.4, 0.5) is 5.69 Å². The molecule has 0 saturated heterocycles. The Morgan fingerprint density at radius 2 is 1.79 bits per heavy atom. The lowest BCUT2D eigenvalue weighted by atomic mass is 10.1. The third-order valence-electron chi connectivity index (χ3n) is 4.11. The van der Waals surface area contributed by atoms with Crippen LogP contribution in [0.2, 0.25) is 0 Å². The van der Waals surface area contributed by atoms with Crippen LogP contribution in [0.3, 0.4) is 0 Å². The van der Waals surface area contributed by atoms with Gasteiger partial charge in [-0.2, -0.15) is 0 Å². The zero-order valence-electron chi connectivity index (χ0n) is 15.8. The summed E-state index contributed by atoms with van der Waals surface area (Å²) in [4.78, 5) is 26.2. The zero-order chi connectivity index (χ0) is 19.9. The van der Waals surface area contributed by atoms with Crippen LogP contribution in [-0.2, 0) is 0 Å². The summed E-state index contributed by atoms with van der Waals surface area (Å²) in [5.74, 6) is 0.0927. The van der Waals surface area contributed by atoms with Crippen LogP contribution in [0, 0.1) is 6.92 Å². The molecule has 1 heterocycles. The molecule has 3 aromatic rings. The van der Waals surface area contributed by atoms with Crippen LogP contribution in [0.15, 0.2) is 66.0 Å². The number of anilines is 1. The second-order valence-corrected chi connectivity index (χ2v) is 7.14. The van der Waals surface area contributed by atoms with Gasteiger partial charge in [-0.1, -0.05) is 48.0 Å². The first-order valence-corrected chi connectivity index (χ1v) is 9.90. The summed E-state index contributed by atoms with van der Waals surface area (Å²) in [7, 11) is 0. The molecule has 0 fully saturated rings. The molecule has 6 heteroatoms. The van der Waals surface area contributed by atoms with Crippen molar-refractivity contribution >= 4 is 28.7 Å². The molecule has 0 bridgehead atoms. The Morgan fingerprint density at radius 1 is 1.04 bits per heavy atom. The summed E-state index contributed by atoms with van der Waals surface area (Å²) in [5, 5.41) is 7.76. The van der Waals surface area contributed by atoms with Crippen LogP contribution in [0.25, 0.3) is 0 Å². The minimum absolute atomic E-state index is 0.226. The number of nitrogens with one attached hydrogen (secondary N) is 2. The second-order valence-electron chi connectivity index (χ2n) is 6.19. The molecule has 2 aromatic carbocycles. The van der Waals surface area contributed by atoms with E-state index in [0.717, 1.165) is 5.56 Å². The first-order valence-electron chi connectivity index (χ1n) is 9.02. The second kappa shape index (κ2) is 9.19. The number of para-hydroxylation sites is 2. The average Bonchev–Trinajstić information content (AvgIpc) is 3.24. The van der Waals surface area contributed by atoms with E-state index < -0.39 is 6.17 Å². The van der Waals surface area contributed by atoms with Crippen LogP contribution in [-0.4, -0.2) is 24.5 Å². The topological polar surface area (TPSA) is 67.4 Å². The smallest absolute Gasteiger partial charge is 0.263 e. The van der Waals surface area contributed by atoms with Gasteiger partial charge in [0.05, 0.1) is 17.2 Å². The van der Waals surface area contributed by atoms with Crippen molar-refractivity contribution in [2.45, 2.75) is 20.0 Å².